The van der Waals surface area contributed by atoms with Gasteiger partial charge < -0.3 is 20.3 Å². The molecule has 1 heterocycles. The fourth-order valence-electron chi connectivity index (χ4n) is 1.85. The number of halogens is 1. The van der Waals surface area contributed by atoms with E-state index in [9.17, 15) is 9.18 Å². The Bertz CT molecular complexity index is 464. The summed E-state index contributed by atoms with van der Waals surface area (Å²) in [5, 5.41) is 8.99. The van der Waals surface area contributed by atoms with Crippen molar-refractivity contribution in [2.24, 2.45) is 5.73 Å². The number of carboxylic acids is 1. The van der Waals surface area contributed by atoms with E-state index in [1.54, 1.807) is 0 Å². The van der Waals surface area contributed by atoms with Crippen LogP contribution >= 0.6 is 0 Å². The molecule has 0 saturated carbocycles. The summed E-state index contributed by atoms with van der Waals surface area (Å²) in [5.41, 5.74) is 5.38. The van der Waals surface area contributed by atoms with Crippen molar-refractivity contribution in [1.29, 1.82) is 0 Å². The maximum Gasteiger partial charge on any atom is 0.312 e. The number of aliphatic carboxylic acids is 1. The van der Waals surface area contributed by atoms with E-state index in [-0.39, 0.29) is 17.9 Å². The predicted octanol–water partition coefficient (Wildman–Crippen LogP) is 1.11. The molecule has 1 aromatic carbocycles. The summed E-state index contributed by atoms with van der Waals surface area (Å²) in [6.07, 6.45) is 0.655. The smallest absolute Gasteiger partial charge is 0.312 e. The fraction of sp³-hybridized carbons (Fsp3) is 0.417. The Hall–Kier alpha value is -1.82. The largest absolute Gasteiger partial charge is 0.489 e. The molecule has 0 bridgehead atoms. The van der Waals surface area contributed by atoms with Gasteiger partial charge in [-0.15, -0.1) is 0 Å². The zero-order valence-electron chi connectivity index (χ0n) is 9.69. The number of benzene rings is 1. The molecule has 0 amide bonds. The second kappa shape index (κ2) is 5.22. The molecule has 0 spiro atoms. The van der Waals surface area contributed by atoms with Crippen LogP contribution in [-0.4, -0.2) is 30.8 Å². The minimum absolute atomic E-state index is 0.0225. The number of fused-ring (bicyclic) bond motifs is 1. The molecule has 0 aromatic heterocycles. The van der Waals surface area contributed by atoms with Gasteiger partial charge in [0.2, 0.25) is 0 Å². The molecule has 1 aromatic rings. The molecule has 0 saturated heterocycles. The van der Waals surface area contributed by atoms with E-state index in [1.807, 2.05) is 0 Å². The van der Waals surface area contributed by atoms with Crippen molar-refractivity contribution in [2.75, 3.05) is 19.8 Å². The van der Waals surface area contributed by atoms with E-state index >= 15 is 0 Å². The van der Waals surface area contributed by atoms with Crippen LogP contribution in [-0.2, 0) is 4.79 Å². The Balaban J connectivity index is 2.45. The van der Waals surface area contributed by atoms with E-state index in [4.69, 9.17) is 20.3 Å². The van der Waals surface area contributed by atoms with Crippen LogP contribution in [0.1, 0.15) is 17.9 Å². The third kappa shape index (κ3) is 2.24. The van der Waals surface area contributed by atoms with E-state index < -0.39 is 17.7 Å². The lowest BCUT2D eigenvalue weighted by molar-refractivity contribution is -0.138. The van der Waals surface area contributed by atoms with Crippen LogP contribution in [0.3, 0.4) is 0 Å². The monoisotopic (exact) mass is 255 g/mol. The summed E-state index contributed by atoms with van der Waals surface area (Å²) >= 11 is 0. The second-order valence-electron chi connectivity index (χ2n) is 3.97. The van der Waals surface area contributed by atoms with E-state index in [0.717, 1.165) is 0 Å². The second-order valence-corrected chi connectivity index (χ2v) is 3.97. The first-order valence-corrected chi connectivity index (χ1v) is 5.66. The van der Waals surface area contributed by atoms with Gasteiger partial charge in [-0.3, -0.25) is 4.79 Å². The molecule has 0 radical (unpaired) electrons. The first kappa shape index (κ1) is 12.6. The van der Waals surface area contributed by atoms with Gasteiger partial charge in [0.05, 0.1) is 19.1 Å². The zero-order chi connectivity index (χ0) is 13.1. The minimum atomic E-state index is -1.16. The molecule has 5 nitrogen and oxygen atoms in total. The fourth-order valence-corrected chi connectivity index (χ4v) is 1.85. The van der Waals surface area contributed by atoms with Crippen molar-refractivity contribution in [3.8, 4) is 11.5 Å². The SMILES string of the molecule is NCC(C(=O)O)c1ccc2c(c1F)OCCCO2. The van der Waals surface area contributed by atoms with Crippen LogP contribution < -0.4 is 15.2 Å². The molecular weight excluding hydrogens is 241 g/mol. The molecule has 0 aliphatic carbocycles. The van der Waals surface area contributed by atoms with Crippen molar-refractivity contribution in [2.45, 2.75) is 12.3 Å². The van der Waals surface area contributed by atoms with Crippen LogP contribution in [0, 0.1) is 5.82 Å². The summed E-state index contributed by atoms with van der Waals surface area (Å²) in [4.78, 5) is 11.0. The van der Waals surface area contributed by atoms with E-state index in [0.29, 0.717) is 25.4 Å². The summed E-state index contributed by atoms with van der Waals surface area (Å²) < 4.78 is 24.8. The van der Waals surface area contributed by atoms with Gasteiger partial charge in [0.1, 0.15) is 0 Å². The molecular formula is C12H14FNO4. The summed E-state index contributed by atoms with van der Waals surface area (Å²) in [5.74, 6) is -2.67. The maximum absolute atomic E-state index is 14.2. The molecule has 1 aliphatic rings. The summed E-state index contributed by atoms with van der Waals surface area (Å²) in [6, 6.07) is 2.90. The van der Waals surface area contributed by atoms with Crippen molar-refractivity contribution < 1.29 is 23.8 Å². The van der Waals surface area contributed by atoms with Crippen LogP contribution in [0.25, 0.3) is 0 Å². The highest BCUT2D eigenvalue weighted by atomic mass is 19.1. The quantitative estimate of drug-likeness (QED) is 0.845. The first-order chi connectivity index (χ1) is 8.65. The van der Waals surface area contributed by atoms with Crippen LogP contribution in [0.5, 0.6) is 11.5 Å². The minimum Gasteiger partial charge on any atom is -0.489 e. The molecule has 0 fully saturated rings. The van der Waals surface area contributed by atoms with Crippen molar-refractivity contribution in [3.63, 3.8) is 0 Å². The highest BCUT2D eigenvalue weighted by molar-refractivity contribution is 5.77. The lowest BCUT2D eigenvalue weighted by atomic mass is 9.98. The Morgan fingerprint density at radius 1 is 1.44 bits per heavy atom. The molecule has 1 atom stereocenters. The van der Waals surface area contributed by atoms with Gasteiger partial charge in [0.15, 0.2) is 17.3 Å². The molecule has 1 unspecified atom stereocenters. The summed E-state index contributed by atoms with van der Waals surface area (Å²) in [7, 11) is 0. The Labute approximate surface area is 103 Å². The average Bonchev–Trinajstić information content (AvgIpc) is 2.58. The number of rotatable bonds is 3. The summed E-state index contributed by atoms with van der Waals surface area (Å²) in [6.45, 7) is 0.616. The molecule has 18 heavy (non-hydrogen) atoms. The van der Waals surface area contributed by atoms with Crippen LogP contribution in [0.15, 0.2) is 12.1 Å². The Morgan fingerprint density at radius 2 is 2.17 bits per heavy atom. The Morgan fingerprint density at radius 3 is 2.83 bits per heavy atom. The lowest BCUT2D eigenvalue weighted by Crippen LogP contribution is -2.22. The zero-order valence-corrected chi connectivity index (χ0v) is 9.69. The average molecular weight is 255 g/mol. The van der Waals surface area contributed by atoms with Crippen molar-refractivity contribution >= 4 is 5.97 Å². The standard InChI is InChI=1S/C12H14FNO4/c13-10-7(8(6-14)12(15)16)2-3-9-11(10)18-5-1-4-17-9/h2-3,8H,1,4-6,14H2,(H,15,16). The topological polar surface area (TPSA) is 81.8 Å². The number of hydrogen-bond acceptors (Lipinski definition) is 4. The van der Waals surface area contributed by atoms with Gasteiger partial charge in [-0.2, -0.15) is 0 Å². The van der Waals surface area contributed by atoms with Gasteiger partial charge >= 0.3 is 5.97 Å². The first-order valence-electron chi connectivity index (χ1n) is 5.66. The van der Waals surface area contributed by atoms with E-state index in [1.165, 1.54) is 12.1 Å². The van der Waals surface area contributed by atoms with Crippen molar-refractivity contribution in [3.05, 3.63) is 23.5 Å². The van der Waals surface area contributed by atoms with Gasteiger partial charge in [-0.25, -0.2) is 4.39 Å². The molecule has 3 N–H and O–H groups in total. The molecule has 6 heteroatoms. The molecule has 2 rings (SSSR count). The number of ether oxygens (including phenoxy) is 2. The molecule has 98 valence electrons. The third-order valence-corrected chi connectivity index (χ3v) is 2.79. The van der Waals surface area contributed by atoms with Gasteiger partial charge in [-0.1, -0.05) is 6.07 Å². The van der Waals surface area contributed by atoms with Gasteiger partial charge in [0.25, 0.3) is 0 Å². The number of nitrogens with two attached hydrogens (primary N) is 1. The lowest BCUT2D eigenvalue weighted by Gasteiger charge is -2.15. The number of carboxylic acid groups (broad SMARTS) is 1. The highest BCUT2D eigenvalue weighted by Crippen LogP contribution is 2.36. The third-order valence-electron chi connectivity index (χ3n) is 2.79. The maximum atomic E-state index is 14.2. The molecule has 1 aliphatic heterocycles. The number of hydrogen-bond donors (Lipinski definition) is 2. The van der Waals surface area contributed by atoms with Crippen molar-refractivity contribution in [1.82, 2.24) is 0 Å². The number of carbonyl (C=O) groups is 1. The van der Waals surface area contributed by atoms with Gasteiger partial charge in [0, 0.05) is 18.5 Å². The van der Waals surface area contributed by atoms with E-state index in [2.05, 4.69) is 0 Å². The predicted molar refractivity (Wildman–Crippen MR) is 61.4 cm³/mol. The van der Waals surface area contributed by atoms with Crippen LogP contribution in [0.4, 0.5) is 4.39 Å². The normalized spacial score (nSPS) is 15.9. The Kier molecular flexibility index (Phi) is 3.66. The van der Waals surface area contributed by atoms with Crippen LogP contribution in [0.2, 0.25) is 0 Å². The van der Waals surface area contributed by atoms with Gasteiger partial charge in [-0.05, 0) is 6.07 Å². The highest BCUT2D eigenvalue weighted by Gasteiger charge is 2.26.